The number of ether oxygens (including phenoxy) is 1. The van der Waals surface area contributed by atoms with Gasteiger partial charge in [-0.25, -0.2) is 0 Å². The van der Waals surface area contributed by atoms with Crippen molar-refractivity contribution in [1.29, 1.82) is 0 Å². The molecule has 0 radical (unpaired) electrons. The predicted molar refractivity (Wildman–Crippen MR) is 65.6 cm³/mol. The van der Waals surface area contributed by atoms with Crippen LogP contribution in [0.2, 0.25) is 0 Å². The van der Waals surface area contributed by atoms with Gasteiger partial charge in [-0.3, -0.25) is 9.48 Å². The summed E-state index contributed by atoms with van der Waals surface area (Å²) in [6.07, 6.45) is 0.220. The zero-order valence-electron chi connectivity index (χ0n) is 9.37. The first-order valence-corrected chi connectivity index (χ1v) is 5.87. The van der Waals surface area contributed by atoms with E-state index in [1.165, 1.54) is 0 Å². The van der Waals surface area contributed by atoms with Crippen molar-refractivity contribution in [1.82, 2.24) is 9.78 Å². The van der Waals surface area contributed by atoms with E-state index in [0.717, 1.165) is 15.0 Å². The third-order valence-corrected chi connectivity index (χ3v) is 3.34. The highest BCUT2D eigenvalue weighted by Crippen LogP contribution is 2.16. The standard InChI is InChI=1S/C10H15IN2O2/c1-6(2)15-9(14)5-8-10(11)7(3)12-13(8)4/h6H,5H2,1-4H3. The summed E-state index contributed by atoms with van der Waals surface area (Å²) < 4.78 is 7.86. The molecule has 0 saturated carbocycles. The summed E-state index contributed by atoms with van der Waals surface area (Å²) in [4.78, 5) is 11.5. The van der Waals surface area contributed by atoms with Crippen LogP contribution in [0.15, 0.2) is 0 Å². The Morgan fingerprint density at radius 3 is 2.60 bits per heavy atom. The zero-order valence-corrected chi connectivity index (χ0v) is 11.5. The quantitative estimate of drug-likeness (QED) is 0.630. The first-order chi connectivity index (χ1) is 6.91. The Kier molecular flexibility index (Phi) is 4.12. The van der Waals surface area contributed by atoms with Crippen molar-refractivity contribution in [2.75, 3.05) is 0 Å². The highest BCUT2D eigenvalue weighted by atomic mass is 127. The fourth-order valence-corrected chi connectivity index (χ4v) is 1.96. The van der Waals surface area contributed by atoms with Crippen LogP contribution in [0.5, 0.6) is 0 Å². The first kappa shape index (κ1) is 12.5. The van der Waals surface area contributed by atoms with Crippen molar-refractivity contribution in [2.24, 2.45) is 7.05 Å². The van der Waals surface area contributed by atoms with Crippen molar-refractivity contribution < 1.29 is 9.53 Å². The lowest BCUT2D eigenvalue weighted by atomic mass is 10.3. The van der Waals surface area contributed by atoms with Crippen LogP contribution in [0.4, 0.5) is 0 Å². The maximum Gasteiger partial charge on any atom is 0.312 e. The van der Waals surface area contributed by atoms with Crippen LogP contribution in [-0.2, 0) is 23.0 Å². The van der Waals surface area contributed by atoms with Crippen molar-refractivity contribution in [3.63, 3.8) is 0 Å². The molecule has 15 heavy (non-hydrogen) atoms. The molecule has 0 aliphatic rings. The van der Waals surface area contributed by atoms with Gasteiger partial charge in [0.25, 0.3) is 0 Å². The Morgan fingerprint density at radius 1 is 1.60 bits per heavy atom. The highest BCUT2D eigenvalue weighted by molar-refractivity contribution is 14.1. The minimum Gasteiger partial charge on any atom is -0.463 e. The lowest BCUT2D eigenvalue weighted by molar-refractivity contribution is -0.146. The average molecular weight is 322 g/mol. The van der Waals surface area contributed by atoms with Crippen molar-refractivity contribution >= 4 is 28.6 Å². The normalized spacial score (nSPS) is 10.8. The molecular weight excluding hydrogens is 307 g/mol. The first-order valence-electron chi connectivity index (χ1n) is 4.79. The molecule has 0 atom stereocenters. The van der Waals surface area contributed by atoms with Crippen molar-refractivity contribution in [2.45, 2.75) is 33.3 Å². The summed E-state index contributed by atoms with van der Waals surface area (Å²) in [5.74, 6) is -0.203. The van der Waals surface area contributed by atoms with Gasteiger partial charge >= 0.3 is 5.97 Å². The summed E-state index contributed by atoms with van der Waals surface area (Å²) >= 11 is 2.20. The van der Waals surface area contributed by atoms with Gasteiger partial charge < -0.3 is 4.74 Å². The predicted octanol–water partition coefficient (Wildman–Crippen LogP) is 1.83. The molecule has 5 heteroatoms. The fourth-order valence-electron chi connectivity index (χ4n) is 1.31. The molecule has 0 spiro atoms. The molecule has 0 aliphatic carbocycles. The number of hydrogen-bond acceptors (Lipinski definition) is 3. The van der Waals surface area contributed by atoms with Gasteiger partial charge in [0.15, 0.2) is 0 Å². The van der Waals surface area contributed by atoms with Gasteiger partial charge in [-0.1, -0.05) is 0 Å². The number of hydrogen-bond donors (Lipinski definition) is 0. The van der Waals surface area contributed by atoms with Crippen LogP contribution in [-0.4, -0.2) is 21.9 Å². The molecule has 1 aromatic rings. The van der Waals surface area contributed by atoms with Crippen LogP contribution in [0.25, 0.3) is 0 Å². The molecule has 0 saturated heterocycles. The second-order valence-corrected chi connectivity index (χ2v) is 4.76. The SMILES string of the molecule is Cc1nn(C)c(CC(=O)OC(C)C)c1I. The van der Waals surface area contributed by atoms with Gasteiger partial charge in [0.05, 0.1) is 27.5 Å². The number of rotatable bonds is 3. The summed E-state index contributed by atoms with van der Waals surface area (Å²) in [6.45, 7) is 5.62. The lowest BCUT2D eigenvalue weighted by Crippen LogP contribution is -2.16. The van der Waals surface area contributed by atoms with E-state index in [2.05, 4.69) is 27.7 Å². The maximum absolute atomic E-state index is 11.5. The van der Waals surface area contributed by atoms with Gasteiger partial charge in [0.1, 0.15) is 0 Å². The number of carbonyl (C=O) groups excluding carboxylic acids is 1. The molecule has 0 amide bonds. The minimum absolute atomic E-state index is 0.0653. The van der Waals surface area contributed by atoms with Gasteiger partial charge in [0, 0.05) is 7.05 Å². The Bertz CT molecular complexity index is 372. The Balaban J connectivity index is 2.76. The second kappa shape index (κ2) is 4.96. The molecule has 1 aromatic heterocycles. The molecule has 0 N–H and O–H groups in total. The summed E-state index contributed by atoms with van der Waals surface area (Å²) in [5.41, 5.74) is 1.86. The summed E-state index contributed by atoms with van der Waals surface area (Å²) in [6, 6.07) is 0. The van der Waals surface area contributed by atoms with Gasteiger partial charge in [0.2, 0.25) is 0 Å². The van der Waals surface area contributed by atoms with E-state index in [1.807, 2.05) is 27.8 Å². The van der Waals surface area contributed by atoms with E-state index >= 15 is 0 Å². The molecule has 4 nitrogen and oxygen atoms in total. The second-order valence-electron chi connectivity index (χ2n) is 3.69. The molecule has 1 rings (SSSR count). The van der Waals surface area contributed by atoms with Crippen LogP contribution < -0.4 is 0 Å². The van der Waals surface area contributed by atoms with E-state index < -0.39 is 0 Å². The molecule has 0 unspecified atom stereocenters. The molecule has 0 fully saturated rings. The van der Waals surface area contributed by atoms with Crippen LogP contribution >= 0.6 is 22.6 Å². The van der Waals surface area contributed by atoms with Crippen LogP contribution in [0, 0.1) is 10.5 Å². The average Bonchev–Trinajstić information content (AvgIpc) is 2.31. The molecule has 84 valence electrons. The third-order valence-electron chi connectivity index (χ3n) is 1.94. The largest absolute Gasteiger partial charge is 0.463 e. The molecule has 0 aliphatic heterocycles. The molecular formula is C10H15IN2O2. The molecule has 0 aromatic carbocycles. The Morgan fingerprint density at radius 2 is 2.20 bits per heavy atom. The van der Waals surface area contributed by atoms with Gasteiger partial charge in [-0.05, 0) is 43.4 Å². The fraction of sp³-hybridized carbons (Fsp3) is 0.600. The highest BCUT2D eigenvalue weighted by Gasteiger charge is 2.15. The van der Waals surface area contributed by atoms with Gasteiger partial charge in [-0.2, -0.15) is 5.10 Å². The minimum atomic E-state index is -0.203. The Hall–Kier alpha value is -0.590. The zero-order chi connectivity index (χ0) is 11.6. The van der Waals surface area contributed by atoms with Crippen molar-refractivity contribution in [3.8, 4) is 0 Å². The van der Waals surface area contributed by atoms with E-state index in [4.69, 9.17) is 4.74 Å². The number of esters is 1. The Labute approximate surface area is 103 Å². The number of aryl methyl sites for hydroxylation is 2. The molecule has 0 bridgehead atoms. The lowest BCUT2D eigenvalue weighted by Gasteiger charge is -2.08. The van der Waals surface area contributed by atoms with E-state index in [9.17, 15) is 4.79 Å². The van der Waals surface area contributed by atoms with Crippen LogP contribution in [0.1, 0.15) is 25.2 Å². The summed E-state index contributed by atoms with van der Waals surface area (Å²) in [7, 11) is 1.84. The monoisotopic (exact) mass is 322 g/mol. The third kappa shape index (κ3) is 3.19. The van der Waals surface area contributed by atoms with Gasteiger partial charge in [-0.15, -0.1) is 0 Å². The smallest absolute Gasteiger partial charge is 0.312 e. The van der Waals surface area contributed by atoms with E-state index in [-0.39, 0.29) is 18.5 Å². The number of halogens is 1. The molecule has 1 heterocycles. The number of aromatic nitrogens is 2. The maximum atomic E-state index is 11.5. The van der Waals surface area contributed by atoms with E-state index in [1.54, 1.807) is 4.68 Å². The van der Waals surface area contributed by atoms with Crippen molar-refractivity contribution in [3.05, 3.63) is 15.0 Å². The number of carbonyl (C=O) groups is 1. The summed E-state index contributed by atoms with van der Waals surface area (Å²) in [5, 5.41) is 4.24. The number of nitrogens with zero attached hydrogens (tertiary/aromatic N) is 2. The van der Waals surface area contributed by atoms with Crippen LogP contribution in [0.3, 0.4) is 0 Å². The topological polar surface area (TPSA) is 44.1 Å². The van der Waals surface area contributed by atoms with E-state index in [0.29, 0.717) is 0 Å².